The van der Waals surface area contributed by atoms with E-state index in [1.807, 2.05) is 36.4 Å². The molecule has 0 unspecified atom stereocenters. The average Bonchev–Trinajstić information content (AvgIpc) is 2.97. The van der Waals surface area contributed by atoms with E-state index in [2.05, 4.69) is 35.6 Å². The van der Waals surface area contributed by atoms with Gasteiger partial charge >= 0.3 is 0 Å². The fourth-order valence-corrected chi connectivity index (χ4v) is 2.91. The van der Waals surface area contributed by atoms with Gasteiger partial charge in [-0.05, 0) is 61.0 Å². The third-order valence-electron chi connectivity index (χ3n) is 3.98. The van der Waals surface area contributed by atoms with Gasteiger partial charge in [0.2, 0.25) is 0 Å². The van der Waals surface area contributed by atoms with Crippen molar-refractivity contribution in [3.8, 4) is 0 Å². The lowest BCUT2D eigenvalue weighted by Crippen LogP contribution is -2.20. The van der Waals surface area contributed by atoms with E-state index in [9.17, 15) is 0 Å². The first kappa shape index (κ1) is 17.5. The zero-order valence-electron chi connectivity index (χ0n) is 14.1. The summed E-state index contributed by atoms with van der Waals surface area (Å²) in [6, 6.07) is 14.2. The molecule has 0 aliphatic heterocycles. The van der Waals surface area contributed by atoms with Crippen LogP contribution < -0.4 is 10.6 Å². The molecule has 2 N–H and O–H groups in total. The van der Waals surface area contributed by atoms with E-state index >= 15 is 0 Å². The molecule has 3 rings (SSSR count). The first-order chi connectivity index (χ1) is 12.0. The Morgan fingerprint density at radius 3 is 2.72 bits per heavy atom. The smallest absolute Gasteiger partial charge is 0.175 e. The molecule has 0 aliphatic carbocycles. The first-order valence-corrected chi connectivity index (χ1v) is 8.71. The van der Waals surface area contributed by atoms with E-state index in [1.165, 1.54) is 11.1 Å². The number of nitrogens with zero attached hydrogens (tertiary/aromatic N) is 2. The molecule has 0 bridgehead atoms. The maximum Gasteiger partial charge on any atom is 0.175 e. The second kappa shape index (κ2) is 7.68. The van der Waals surface area contributed by atoms with Crippen molar-refractivity contribution in [3.63, 3.8) is 0 Å². The van der Waals surface area contributed by atoms with Gasteiger partial charge in [-0.25, -0.2) is 0 Å². The highest BCUT2D eigenvalue weighted by molar-refractivity contribution is 7.80. The summed E-state index contributed by atoms with van der Waals surface area (Å²) >= 11 is 11.3. The quantitative estimate of drug-likeness (QED) is 0.633. The Hall–Kier alpha value is -2.37. The van der Waals surface area contributed by atoms with Crippen molar-refractivity contribution in [3.05, 3.63) is 76.6 Å². The van der Waals surface area contributed by atoms with Crippen LogP contribution in [0.3, 0.4) is 0 Å². The standard InChI is InChI=1S/C19H19ClN4S/c1-13-5-3-8-18(14(13)2)23-19(25)22-17-7-4-6-15(9-17)11-24-12-16(20)10-21-24/h3-10,12H,11H2,1-2H3,(H2,22,23,25). The topological polar surface area (TPSA) is 41.9 Å². The number of halogens is 1. The lowest BCUT2D eigenvalue weighted by molar-refractivity contribution is 0.687. The molecule has 4 nitrogen and oxygen atoms in total. The molecule has 128 valence electrons. The van der Waals surface area contributed by atoms with Crippen molar-refractivity contribution in [2.45, 2.75) is 20.4 Å². The summed E-state index contributed by atoms with van der Waals surface area (Å²) in [5, 5.41) is 11.9. The normalized spacial score (nSPS) is 10.5. The van der Waals surface area contributed by atoms with Crippen molar-refractivity contribution < 1.29 is 0 Å². The minimum absolute atomic E-state index is 0.563. The summed E-state index contributed by atoms with van der Waals surface area (Å²) in [6.45, 7) is 4.82. The molecular formula is C19H19ClN4S. The highest BCUT2D eigenvalue weighted by atomic mass is 35.5. The third-order valence-corrected chi connectivity index (χ3v) is 4.38. The van der Waals surface area contributed by atoms with Crippen LogP contribution in [-0.4, -0.2) is 14.9 Å². The highest BCUT2D eigenvalue weighted by Gasteiger charge is 2.05. The molecule has 0 saturated carbocycles. The number of rotatable bonds is 4. The van der Waals surface area contributed by atoms with Gasteiger partial charge in [0.25, 0.3) is 0 Å². The molecule has 0 aliphatic rings. The van der Waals surface area contributed by atoms with E-state index in [0.29, 0.717) is 16.7 Å². The Morgan fingerprint density at radius 2 is 1.96 bits per heavy atom. The highest BCUT2D eigenvalue weighted by Crippen LogP contribution is 2.19. The van der Waals surface area contributed by atoms with Crippen LogP contribution in [0, 0.1) is 13.8 Å². The maximum atomic E-state index is 5.91. The molecule has 25 heavy (non-hydrogen) atoms. The molecule has 0 atom stereocenters. The largest absolute Gasteiger partial charge is 0.332 e. The van der Waals surface area contributed by atoms with Gasteiger partial charge in [-0.15, -0.1) is 0 Å². The van der Waals surface area contributed by atoms with E-state index < -0.39 is 0 Å². The van der Waals surface area contributed by atoms with E-state index in [0.717, 1.165) is 16.9 Å². The van der Waals surface area contributed by atoms with E-state index in [1.54, 1.807) is 17.1 Å². The fourth-order valence-electron chi connectivity index (χ4n) is 2.53. The van der Waals surface area contributed by atoms with Crippen molar-refractivity contribution in [1.82, 2.24) is 9.78 Å². The SMILES string of the molecule is Cc1cccc(NC(=S)Nc2cccc(Cn3cc(Cl)cn3)c2)c1C. The van der Waals surface area contributed by atoms with Crippen LogP contribution in [0.4, 0.5) is 11.4 Å². The Kier molecular flexibility index (Phi) is 5.36. The predicted molar refractivity (Wildman–Crippen MR) is 109 cm³/mol. The van der Waals surface area contributed by atoms with Gasteiger partial charge in [0.1, 0.15) is 0 Å². The van der Waals surface area contributed by atoms with Gasteiger partial charge in [0, 0.05) is 17.6 Å². The zero-order chi connectivity index (χ0) is 17.8. The predicted octanol–water partition coefficient (Wildman–Crippen LogP) is 5.01. The van der Waals surface area contributed by atoms with E-state index in [-0.39, 0.29) is 0 Å². The molecule has 0 saturated heterocycles. The Balaban J connectivity index is 1.67. The van der Waals surface area contributed by atoms with Crippen molar-refractivity contribution >= 4 is 40.3 Å². The molecule has 0 radical (unpaired) electrons. The third kappa shape index (κ3) is 4.59. The molecule has 0 amide bonds. The van der Waals surface area contributed by atoms with Crippen LogP contribution in [-0.2, 0) is 6.54 Å². The molecule has 1 aromatic heterocycles. The molecule has 0 spiro atoms. The Morgan fingerprint density at radius 1 is 1.16 bits per heavy atom. The van der Waals surface area contributed by atoms with Gasteiger partial charge in [0.05, 0.1) is 17.8 Å². The number of thiocarbonyl (C=S) groups is 1. The lowest BCUT2D eigenvalue weighted by atomic mass is 10.1. The summed E-state index contributed by atoms with van der Waals surface area (Å²) in [4.78, 5) is 0. The number of hydrogen-bond donors (Lipinski definition) is 2. The summed E-state index contributed by atoms with van der Waals surface area (Å²) in [6.07, 6.45) is 3.43. The Labute approximate surface area is 157 Å². The van der Waals surface area contributed by atoms with Crippen LogP contribution in [0.5, 0.6) is 0 Å². The summed E-state index contributed by atoms with van der Waals surface area (Å²) in [7, 11) is 0. The van der Waals surface area contributed by atoms with Gasteiger partial charge < -0.3 is 10.6 Å². The number of nitrogens with one attached hydrogen (secondary N) is 2. The monoisotopic (exact) mass is 370 g/mol. The molecular weight excluding hydrogens is 352 g/mol. The second-order valence-electron chi connectivity index (χ2n) is 5.88. The average molecular weight is 371 g/mol. The summed E-state index contributed by atoms with van der Waals surface area (Å²) < 4.78 is 1.80. The number of aromatic nitrogens is 2. The molecule has 6 heteroatoms. The van der Waals surface area contributed by atoms with E-state index in [4.69, 9.17) is 23.8 Å². The van der Waals surface area contributed by atoms with Crippen molar-refractivity contribution in [2.75, 3.05) is 10.6 Å². The maximum absolute atomic E-state index is 5.91. The van der Waals surface area contributed by atoms with Gasteiger partial charge in [0.15, 0.2) is 5.11 Å². The molecule has 1 heterocycles. The number of anilines is 2. The van der Waals surface area contributed by atoms with Crippen LogP contribution in [0.2, 0.25) is 5.02 Å². The van der Waals surface area contributed by atoms with Crippen LogP contribution in [0.15, 0.2) is 54.9 Å². The minimum atomic E-state index is 0.563. The summed E-state index contributed by atoms with van der Waals surface area (Å²) in [5.74, 6) is 0. The van der Waals surface area contributed by atoms with Crippen molar-refractivity contribution in [1.29, 1.82) is 0 Å². The van der Waals surface area contributed by atoms with Crippen LogP contribution in [0.25, 0.3) is 0 Å². The molecule has 0 fully saturated rings. The first-order valence-electron chi connectivity index (χ1n) is 7.92. The van der Waals surface area contributed by atoms with Crippen LogP contribution >= 0.6 is 23.8 Å². The fraction of sp³-hybridized carbons (Fsp3) is 0.158. The zero-order valence-corrected chi connectivity index (χ0v) is 15.7. The number of aryl methyl sites for hydroxylation is 1. The summed E-state index contributed by atoms with van der Waals surface area (Å²) in [5.41, 5.74) is 5.47. The van der Waals surface area contributed by atoms with Crippen molar-refractivity contribution in [2.24, 2.45) is 0 Å². The van der Waals surface area contributed by atoms with Gasteiger partial charge in [-0.2, -0.15) is 5.10 Å². The minimum Gasteiger partial charge on any atom is -0.332 e. The molecule has 2 aromatic carbocycles. The number of hydrogen-bond acceptors (Lipinski definition) is 2. The van der Waals surface area contributed by atoms with Gasteiger partial charge in [-0.1, -0.05) is 35.9 Å². The lowest BCUT2D eigenvalue weighted by Gasteiger charge is -2.14. The molecule has 3 aromatic rings. The number of benzene rings is 2. The second-order valence-corrected chi connectivity index (χ2v) is 6.73. The van der Waals surface area contributed by atoms with Gasteiger partial charge in [-0.3, -0.25) is 4.68 Å². The Bertz CT molecular complexity index is 904. The van der Waals surface area contributed by atoms with Crippen LogP contribution in [0.1, 0.15) is 16.7 Å².